The van der Waals surface area contributed by atoms with E-state index in [1.54, 1.807) is 14.2 Å². The van der Waals surface area contributed by atoms with Crippen molar-refractivity contribution in [1.82, 2.24) is 30.0 Å². The maximum atomic E-state index is 5.65. The Bertz CT molecular complexity index is 898. The summed E-state index contributed by atoms with van der Waals surface area (Å²) in [6, 6.07) is 7.44. The predicted octanol–water partition coefficient (Wildman–Crippen LogP) is 3.85. The number of rotatable bonds is 7. The molecule has 1 aromatic heterocycles. The van der Waals surface area contributed by atoms with Crippen LogP contribution in [0.1, 0.15) is 81.3 Å². The zero-order chi connectivity index (χ0) is 22.6. The molecule has 0 N–H and O–H groups in total. The Hall–Kier alpha value is -2.19. The number of benzene rings is 1. The first-order chi connectivity index (χ1) is 16.3. The minimum absolute atomic E-state index is 0.00691. The zero-order valence-corrected chi connectivity index (χ0v) is 20.2. The van der Waals surface area contributed by atoms with Gasteiger partial charge >= 0.3 is 0 Å². The number of ether oxygens (including phenoxy) is 2. The molecule has 2 aliphatic carbocycles. The van der Waals surface area contributed by atoms with Gasteiger partial charge in [0.2, 0.25) is 0 Å². The van der Waals surface area contributed by atoms with Crippen molar-refractivity contribution in [2.75, 3.05) is 40.4 Å². The number of piperazine rings is 1. The largest absolute Gasteiger partial charge is 0.493 e. The number of nitrogens with zero attached hydrogens (tertiary/aromatic N) is 6. The Morgan fingerprint density at radius 2 is 1.48 bits per heavy atom. The minimum atomic E-state index is 0.00691. The van der Waals surface area contributed by atoms with E-state index >= 15 is 0 Å². The van der Waals surface area contributed by atoms with E-state index in [4.69, 9.17) is 9.47 Å². The Labute approximate surface area is 197 Å². The fourth-order valence-electron chi connectivity index (χ4n) is 6.14. The topological polar surface area (TPSA) is 68.5 Å². The fraction of sp³-hybridized carbons (Fsp3) is 0.720. The minimum Gasteiger partial charge on any atom is -0.493 e. The van der Waals surface area contributed by atoms with Crippen LogP contribution in [-0.2, 0) is 0 Å². The molecule has 0 bridgehead atoms. The van der Waals surface area contributed by atoms with Gasteiger partial charge in [0.05, 0.1) is 26.3 Å². The molecule has 1 saturated heterocycles. The molecule has 8 heteroatoms. The lowest BCUT2D eigenvalue weighted by molar-refractivity contribution is 0.0760. The number of aromatic nitrogens is 4. The van der Waals surface area contributed by atoms with Gasteiger partial charge in [-0.15, -0.1) is 5.10 Å². The van der Waals surface area contributed by atoms with Crippen LogP contribution in [0.2, 0.25) is 0 Å². The van der Waals surface area contributed by atoms with Crippen molar-refractivity contribution in [3.05, 3.63) is 29.6 Å². The van der Waals surface area contributed by atoms with E-state index in [2.05, 4.69) is 42.1 Å². The lowest BCUT2D eigenvalue weighted by Crippen LogP contribution is -2.51. The molecule has 0 spiro atoms. The summed E-state index contributed by atoms with van der Waals surface area (Å²) in [6.07, 6.45) is 11.6. The molecule has 3 aliphatic rings. The molecule has 3 fully saturated rings. The van der Waals surface area contributed by atoms with Gasteiger partial charge in [0.25, 0.3) is 0 Å². The van der Waals surface area contributed by atoms with E-state index in [1.165, 1.54) is 44.9 Å². The van der Waals surface area contributed by atoms with Gasteiger partial charge in [-0.2, -0.15) is 0 Å². The van der Waals surface area contributed by atoms with Crippen LogP contribution in [0.25, 0.3) is 0 Å². The van der Waals surface area contributed by atoms with Crippen molar-refractivity contribution >= 4 is 0 Å². The summed E-state index contributed by atoms with van der Waals surface area (Å²) in [5.41, 5.74) is 1.16. The first-order valence-electron chi connectivity index (χ1n) is 12.8. The molecule has 0 radical (unpaired) electrons. The highest BCUT2D eigenvalue weighted by molar-refractivity contribution is 5.45. The molecule has 0 amide bonds. The highest BCUT2D eigenvalue weighted by atomic mass is 16.5. The van der Waals surface area contributed by atoms with Crippen molar-refractivity contribution in [3.8, 4) is 11.5 Å². The highest BCUT2D eigenvalue weighted by Gasteiger charge is 2.34. The summed E-state index contributed by atoms with van der Waals surface area (Å²) in [7, 11) is 3.38. The molecule has 33 heavy (non-hydrogen) atoms. The molecular formula is C25H38N6O2. The highest BCUT2D eigenvalue weighted by Crippen LogP contribution is 2.37. The van der Waals surface area contributed by atoms with Gasteiger partial charge in [-0.05, 0) is 53.8 Å². The Kier molecular flexibility index (Phi) is 7.11. The number of hydrogen-bond acceptors (Lipinski definition) is 7. The third-order valence-electron chi connectivity index (χ3n) is 7.96. The molecule has 2 aromatic rings. The van der Waals surface area contributed by atoms with Gasteiger partial charge in [0.1, 0.15) is 0 Å². The summed E-state index contributed by atoms with van der Waals surface area (Å²) in [4.78, 5) is 5.27. The molecule has 0 unspecified atom stereocenters. The monoisotopic (exact) mass is 454 g/mol. The number of methoxy groups -OCH3 is 2. The molecule has 1 atom stereocenters. The SMILES string of the molecule is COc1ccc([C@H](c2nnnn2C2CCCCC2)N2CCN(C3CCCC3)CC2)cc1OC. The van der Waals surface area contributed by atoms with Crippen LogP contribution in [0.15, 0.2) is 18.2 Å². The summed E-state index contributed by atoms with van der Waals surface area (Å²) >= 11 is 0. The molecular weight excluding hydrogens is 416 g/mol. The van der Waals surface area contributed by atoms with Crippen LogP contribution in [0.5, 0.6) is 11.5 Å². The molecule has 5 rings (SSSR count). The van der Waals surface area contributed by atoms with E-state index in [9.17, 15) is 0 Å². The second-order valence-corrected chi connectivity index (χ2v) is 9.80. The smallest absolute Gasteiger partial charge is 0.173 e. The average molecular weight is 455 g/mol. The third kappa shape index (κ3) is 4.73. The standard InChI is InChI=1S/C25H38N6O2/c1-32-22-13-12-19(18-23(22)33-2)24(25-26-27-28-31(25)21-10-4-3-5-11-21)30-16-14-29(15-17-30)20-8-6-7-9-20/h12-13,18,20-21,24H,3-11,14-17H2,1-2H3/t24-/m1/s1. The first kappa shape index (κ1) is 22.6. The normalized spacial score (nSPS) is 22.5. The van der Waals surface area contributed by atoms with Crippen molar-refractivity contribution in [1.29, 1.82) is 0 Å². The van der Waals surface area contributed by atoms with Crippen LogP contribution in [0.4, 0.5) is 0 Å². The summed E-state index contributed by atoms with van der Waals surface area (Å²) in [5, 5.41) is 13.3. The van der Waals surface area contributed by atoms with Gasteiger partial charge in [-0.1, -0.05) is 38.2 Å². The van der Waals surface area contributed by atoms with Crippen LogP contribution in [-0.4, -0.2) is 76.4 Å². The second-order valence-electron chi connectivity index (χ2n) is 9.80. The van der Waals surface area contributed by atoms with Crippen LogP contribution < -0.4 is 9.47 Å². The quantitative estimate of drug-likeness (QED) is 0.629. The third-order valence-corrected chi connectivity index (χ3v) is 7.96. The van der Waals surface area contributed by atoms with Crippen molar-refractivity contribution < 1.29 is 9.47 Å². The van der Waals surface area contributed by atoms with Crippen LogP contribution in [0.3, 0.4) is 0 Å². The Morgan fingerprint density at radius 1 is 0.818 bits per heavy atom. The van der Waals surface area contributed by atoms with Crippen LogP contribution in [0, 0.1) is 0 Å². The van der Waals surface area contributed by atoms with Crippen molar-refractivity contribution in [3.63, 3.8) is 0 Å². The van der Waals surface area contributed by atoms with Crippen molar-refractivity contribution in [2.24, 2.45) is 0 Å². The second kappa shape index (κ2) is 10.4. The maximum Gasteiger partial charge on any atom is 0.173 e. The Balaban J connectivity index is 1.45. The fourth-order valence-corrected chi connectivity index (χ4v) is 6.14. The maximum absolute atomic E-state index is 5.65. The van der Waals surface area contributed by atoms with Gasteiger partial charge < -0.3 is 9.47 Å². The molecule has 180 valence electrons. The average Bonchev–Trinajstić information content (AvgIpc) is 3.58. The predicted molar refractivity (Wildman–Crippen MR) is 127 cm³/mol. The lowest BCUT2D eigenvalue weighted by atomic mass is 9.95. The first-order valence-corrected chi connectivity index (χ1v) is 12.8. The van der Waals surface area contributed by atoms with Gasteiger partial charge in [0, 0.05) is 32.2 Å². The summed E-state index contributed by atoms with van der Waals surface area (Å²) in [6.45, 7) is 4.26. The molecule has 1 aromatic carbocycles. The zero-order valence-electron chi connectivity index (χ0n) is 20.2. The van der Waals surface area contributed by atoms with E-state index in [-0.39, 0.29) is 6.04 Å². The van der Waals surface area contributed by atoms with Crippen LogP contribution >= 0.6 is 0 Å². The number of tetrazole rings is 1. The number of hydrogen-bond donors (Lipinski definition) is 0. The molecule has 1 aliphatic heterocycles. The molecule has 2 saturated carbocycles. The Morgan fingerprint density at radius 3 is 2.18 bits per heavy atom. The lowest BCUT2D eigenvalue weighted by Gasteiger charge is -2.41. The van der Waals surface area contributed by atoms with Gasteiger partial charge in [0.15, 0.2) is 17.3 Å². The van der Waals surface area contributed by atoms with Gasteiger partial charge in [-0.25, -0.2) is 4.68 Å². The van der Waals surface area contributed by atoms with E-state index in [0.29, 0.717) is 6.04 Å². The molecule has 2 heterocycles. The van der Waals surface area contributed by atoms with E-state index in [0.717, 1.165) is 67.9 Å². The van der Waals surface area contributed by atoms with E-state index < -0.39 is 0 Å². The van der Waals surface area contributed by atoms with Gasteiger partial charge in [-0.3, -0.25) is 9.80 Å². The summed E-state index contributed by atoms with van der Waals surface area (Å²) < 4.78 is 13.3. The molecule has 8 nitrogen and oxygen atoms in total. The van der Waals surface area contributed by atoms with E-state index in [1.807, 2.05) is 6.07 Å². The van der Waals surface area contributed by atoms with Crippen molar-refractivity contribution in [2.45, 2.75) is 75.9 Å². The summed E-state index contributed by atoms with van der Waals surface area (Å²) in [5.74, 6) is 2.46.